The molecule has 0 bridgehead atoms. The Kier molecular flexibility index (Phi) is 2.76. The number of aliphatic hydroxyl groups is 1. The summed E-state index contributed by atoms with van der Waals surface area (Å²) in [7, 11) is 0. The quantitative estimate of drug-likeness (QED) is 0.633. The van der Waals surface area contributed by atoms with Crippen LogP contribution < -0.4 is 5.32 Å². The lowest BCUT2D eigenvalue weighted by Gasteiger charge is -2.01. The molecule has 0 aliphatic carbocycles. The number of amides is 1. The van der Waals surface area contributed by atoms with Crippen molar-refractivity contribution >= 4 is 5.91 Å². The second-order valence-corrected chi connectivity index (χ2v) is 2.14. The molecule has 2 N–H and O–H groups in total. The van der Waals surface area contributed by atoms with Gasteiger partial charge in [-0.1, -0.05) is 12.1 Å². The van der Waals surface area contributed by atoms with Crippen molar-refractivity contribution in [1.29, 1.82) is 0 Å². The summed E-state index contributed by atoms with van der Waals surface area (Å²) in [4.78, 5) is 11.0. The minimum atomic E-state index is -0.615. The Hall–Kier alpha value is -1.42. The highest BCUT2D eigenvalue weighted by molar-refractivity contribution is 5.94. The van der Waals surface area contributed by atoms with E-state index in [9.17, 15) is 9.18 Å². The van der Waals surface area contributed by atoms with Crippen LogP contribution in [0.1, 0.15) is 10.4 Å². The summed E-state index contributed by atoms with van der Waals surface area (Å²) in [5.41, 5.74) is -0.0634. The molecule has 0 spiro atoms. The largest absolute Gasteiger partial charge is 0.376 e. The molecule has 0 fully saturated rings. The fourth-order valence-corrected chi connectivity index (χ4v) is 0.812. The average molecular weight is 169 g/mol. The number of rotatable bonds is 2. The fraction of sp³-hybridized carbons (Fsp3) is 0.125. The van der Waals surface area contributed by atoms with Gasteiger partial charge in [0.05, 0.1) is 5.56 Å². The SMILES string of the molecule is O=C(NCO)c1ccccc1F. The third-order valence-corrected chi connectivity index (χ3v) is 1.36. The number of benzene rings is 1. The molecule has 0 saturated carbocycles. The first-order chi connectivity index (χ1) is 5.75. The van der Waals surface area contributed by atoms with Gasteiger partial charge in [0, 0.05) is 0 Å². The van der Waals surface area contributed by atoms with Gasteiger partial charge in [0.2, 0.25) is 0 Å². The monoisotopic (exact) mass is 169 g/mol. The number of carbonyl (C=O) groups is 1. The van der Waals surface area contributed by atoms with Gasteiger partial charge in [-0.3, -0.25) is 4.79 Å². The summed E-state index contributed by atoms with van der Waals surface area (Å²) in [6, 6.07) is 5.58. The van der Waals surface area contributed by atoms with Gasteiger partial charge in [0.1, 0.15) is 12.5 Å². The molecule has 1 amide bonds. The van der Waals surface area contributed by atoms with Gasteiger partial charge in [-0.05, 0) is 12.1 Å². The summed E-state index contributed by atoms with van der Waals surface area (Å²) in [5.74, 6) is -1.21. The maximum Gasteiger partial charge on any atom is 0.256 e. The van der Waals surface area contributed by atoms with E-state index in [-0.39, 0.29) is 5.56 Å². The van der Waals surface area contributed by atoms with E-state index in [2.05, 4.69) is 5.32 Å². The first-order valence-electron chi connectivity index (χ1n) is 3.39. The third kappa shape index (κ3) is 1.79. The molecule has 0 unspecified atom stereocenters. The van der Waals surface area contributed by atoms with Gasteiger partial charge in [0.15, 0.2) is 0 Å². The minimum Gasteiger partial charge on any atom is -0.376 e. The van der Waals surface area contributed by atoms with E-state index < -0.39 is 18.5 Å². The Bertz CT molecular complexity index is 288. The zero-order chi connectivity index (χ0) is 8.97. The van der Waals surface area contributed by atoms with Gasteiger partial charge < -0.3 is 10.4 Å². The Morgan fingerprint density at radius 2 is 2.17 bits per heavy atom. The summed E-state index contributed by atoms with van der Waals surface area (Å²) >= 11 is 0. The van der Waals surface area contributed by atoms with E-state index in [0.29, 0.717) is 0 Å². The van der Waals surface area contributed by atoms with Crippen LogP contribution in [0.25, 0.3) is 0 Å². The lowest BCUT2D eigenvalue weighted by molar-refractivity contribution is 0.0906. The predicted molar refractivity (Wildman–Crippen MR) is 41.0 cm³/mol. The Balaban J connectivity index is 2.87. The Morgan fingerprint density at radius 3 is 2.75 bits per heavy atom. The molecule has 0 heterocycles. The van der Waals surface area contributed by atoms with Gasteiger partial charge in [-0.2, -0.15) is 0 Å². The first kappa shape index (κ1) is 8.67. The standard InChI is InChI=1S/C8H8FNO2/c9-7-4-2-1-3-6(7)8(12)10-5-11/h1-4,11H,5H2,(H,10,12). The van der Waals surface area contributed by atoms with Crippen molar-refractivity contribution in [3.63, 3.8) is 0 Å². The number of hydrogen-bond acceptors (Lipinski definition) is 2. The molecule has 4 heteroatoms. The predicted octanol–water partition coefficient (Wildman–Crippen LogP) is 0.505. The molecule has 0 saturated heterocycles. The molecule has 1 rings (SSSR count). The molecule has 64 valence electrons. The number of aliphatic hydroxyl groups excluding tert-OH is 1. The van der Waals surface area contributed by atoms with E-state index in [0.717, 1.165) is 0 Å². The second kappa shape index (κ2) is 3.82. The average Bonchev–Trinajstić information content (AvgIpc) is 2.05. The number of halogens is 1. The van der Waals surface area contributed by atoms with Gasteiger partial charge in [-0.25, -0.2) is 4.39 Å². The number of hydrogen-bond donors (Lipinski definition) is 2. The van der Waals surface area contributed by atoms with Crippen LogP contribution in [0.2, 0.25) is 0 Å². The van der Waals surface area contributed by atoms with Crippen LogP contribution in [-0.4, -0.2) is 17.7 Å². The Labute approximate surface area is 68.8 Å². The maximum atomic E-state index is 12.8. The zero-order valence-corrected chi connectivity index (χ0v) is 6.25. The van der Waals surface area contributed by atoms with Crippen molar-refractivity contribution in [2.24, 2.45) is 0 Å². The molecule has 1 aromatic carbocycles. The molecule has 0 aliphatic rings. The normalized spacial score (nSPS) is 9.50. The van der Waals surface area contributed by atoms with Crippen LogP contribution in [0.4, 0.5) is 4.39 Å². The third-order valence-electron chi connectivity index (χ3n) is 1.36. The van der Waals surface area contributed by atoms with Crippen LogP contribution >= 0.6 is 0 Å². The molecule has 0 radical (unpaired) electrons. The molecule has 3 nitrogen and oxygen atoms in total. The van der Waals surface area contributed by atoms with E-state index in [1.54, 1.807) is 6.07 Å². The summed E-state index contributed by atoms with van der Waals surface area (Å²) in [5, 5.41) is 10.4. The van der Waals surface area contributed by atoms with Gasteiger partial charge in [0.25, 0.3) is 5.91 Å². The van der Waals surface area contributed by atoms with Crippen molar-refractivity contribution in [2.75, 3.05) is 6.73 Å². The van der Waals surface area contributed by atoms with E-state index in [1.165, 1.54) is 18.2 Å². The highest BCUT2D eigenvalue weighted by atomic mass is 19.1. The van der Waals surface area contributed by atoms with Crippen molar-refractivity contribution in [1.82, 2.24) is 5.32 Å². The van der Waals surface area contributed by atoms with Crippen molar-refractivity contribution < 1.29 is 14.3 Å². The van der Waals surface area contributed by atoms with E-state index >= 15 is 0 Å². The lowest BCUT2D eigenvalue weighted by Crippen LogP contribution is -2.24. The second-order valence-electron chi connectivity index (χ2n) is 2.14. The smallest absolute Gasteiger partial charge is 0.256 e. The molecule has 12 heavy (non-hydrogen) atoms. The van der Waals surface area contributed by atoms with Crippen molar-refractivity contribution in [3.8, 4) is 0 Å². The molecular weight excluding hydrogens is 161 g/mol. The zero-order valence-electron chi connectivity index (χ0n) is 6.25. The Morgan fingerprint density at radius 1 is 1.50 bits per heavy atom. The van der Waals surface area contributed by atoms with Crippen LogP contribution in [-0.2, 0) is 0 Å². The lowest BCUT2D eigenvalue weighted by atomic mass is 10.2. The van der Waals surface area contributed by atoms with Gasteiger partial charge >= 0.3 is 0 Å². The molecular formula is C8H8FNO2. The van der Waals surface area contributed by atoms with Crippen molar-refractivity contribution in [2.45, 2.75) is 0 Å². The fourth-order valence-electron chi connectivity index (χ4n) is 0.812. The molecule has 0 aromatic heterocycles. The number of carbonyl (C=O) groups excluding carboxylic acids is 1. The maximum absolute atomic E-state index is 12.8. The number of nitrogens with one attached hydrogen (secondary N) is 1. The van der Waals surface area contributed by atoms with Crippen LogP contribution in [0.3, 0.4) is 0 Å². The first-order valence-corrected chi connectivity index (χ1v) is 3.39. The highest BCUT2D eigenvalue weighted by Gasteiger charge is 2.08. The summed E-state index contributed by atoms with van der Waals surface area (Å²) in [6.07, 6.45) is 0. The summed E-state index contributed by atoms with van der Waals surface area (Å²) < 4.78 is 12.8. The summed E-state index contributed by atoms with van der Waals surface area (Å²) in [6.45, 7) is -0.493. The highest BCUT2D eigenvalue weighted by Crippen LogP contribution is 2.05. The van der Waals surface area contributed by atoms with Crippen LogP contribution in [0, 0.1) is 5.82 Å². The van der Waals surface area contributed by atoms with E-state index in [1.807, 2.05) is 0 Å². The topological polar surface area (TPSA) is 49.3 Å². The van der Waals surface area contributed by atoms with Crippen LogP contribution in [0.5, 0.6) is 0 Å². The molecule has 0 atom stereocenters. The van der Waals surface area contributed by atoms with E-state index in [4.69, 9.17) is 5.11 Å². The minimum absolute atomic E-state index is 0.0634. The molecule has 0 aliphatic heterocycles. The van der Waals surface area contributed by atoms with Gasteiger partial charge in [-0.15, -0.1) is 0 Å². The van der Waals surface area contributed by atoms with Crippen molar-refractivity contribution in [3.05, 3.63) is 35.6 Å². The molecule has 1 aromatic rings. The van der Waals surface area contributed by atoms with Crippen LogP contribution in [0.15, 0.2) is 24.3 Å².